The first kappa shape index (κ1) is 14.9. The Bertz CT molecular complexity index is 591. The Morgan fingerprint density at radius 2 is 1.75 bits per heavy atom. The zero-order valence-corrected chi connectivity index (χ0v) is 13.5. The predicted molar refractivity (Wildman–Crippen MR) is 87.6 cm³/mol. The molecule has 0 atom stereocenters. The van der Waals surface area contributed by atoms with E-state index in [-0.39, 0.29) is 0 Å². The number of aromatic nitrogens is 2. The van der Waals surface area contributed by atoms with Crippen LogP contribution in [-0.2, 0) is 0 Å². The molecule has 0 aliphatic heterocycles. The molecule has 0 saturated carbocycles. The quantitative estimate of drug-likeness (QED) is 0.849. The predicted octanol–water partition coefficient (Wildman–Crippen LogP) is 4.34. The molecule has 106 valence electrons. The first-order valence-electron chi connectivity index (χ1n) is 6.77. The molecule has 0 radical (unpaired) electrons. The SMILES string of the molecule is CNc1nc(-c2ccc(SC)cc2)nc(C)c1C(C)C. The van der Waals surface area contributed by atoms with Crippen LogP contribution in [-0.4, -0.2) is 23.3 Å². The largest absolute Gasteiger partial charge is 0.373 e. The fourth-order valence-corrected chi connectivity index (χ4v) is 2.74. The molecule has 0 unspecified atom stereocenters. The zero-order valence-electron chi connectivity index (χ0n) is 12.7. The molecule has 20 heavy (non-hydrogen) atoms. The third-order valence-corrected chi connectivity index (χ3v) is 4.04. The topological polar surface area (TPSA) is 37.8 Å². The highest BCUT2D eigenvalue weighted by Crippen LogP contribution is 2.28. The Labute approximate surface area is 125 Å². The summed E-state index contributed by atoms with van der Waals surface area (Å²) in [6.45, 7) is 6.39. The van der Waals surface area contributed by atoms with Crippen LogP contribution < -0.4 is 5.32 Å². The van der Waals surface area contributed by atoms with Crippen LogP contribution in [0.4, 0.5) is 5.82 Å². The van der Waals surface area contributed by atoms with Crippen LogP contribution in [0.2, 0.25) is 0 Å². The molecule has 0 bridgehead atoms. The van der Waals surface area contributed by atoms with Crippen LogP contribution in [0.15, 0.2) is 29.2 Å². The lowest BCUT2D eigenvalue weighted by atomic mass is 10.0. The Morgan fingerprint density at radius 1 is 1.10 bits per heavy atom. The highest BCUT2D eigenvalue weighted by atomic mass is 32.2. The van der Waals surface area contributed by atoms with E-state index in [4.69, 9.17) is 0 Å². The van der Waals surface area contributed by atoms with Gasteiger partial charge in [0.15, 0.2) is 5.82 Å². The third-order valence-electron chi connectivity index (χ3n) is 3.30. The van der Waals surface area contributed by atoms with Crippen molar-refractivity contribution in [2.24, 2.45) is 0 Å². The molecule has 3 nitrogen and oxygen atoms in total. The molecule has 1 aromatic heterocycles. The van der Waals surface area contributed by atoms with Gasteiger partial charge in [-0.2, -0.15) is 0 Å². The summed E-state index contributed by atoms with van der Waals surface area (Å²) in [5, 5.41) is 3.20. The van der Waals surface area contributed by atoms with Crippen molar-refractivity contribution in [1.82, 2.24) is 9.97 Å². The van der Waals surface area contributed by atoms with Gasteiger partial charge in [-0.1, -0.05) is 26.0 Å². The highest BCUT2D eigenvalue weighted by molar-refractivity contribution is 7.98. The molecule has 1 N–H and O–H groups in total. The molecule has 2 aromatic rings. The number of nitrogens with one attached hydrogen (secondary N) is 1. The Hall–Kier alpha value is -1.55. The van der Waals surface area contributed by atoms with Crippen molar-refractivity contribution in [3.8, 4) is 11.4 Å². The summed E-state index contributed by atoms with van der Waals surface area (Å²) in [7, 11) is 1.91. The minimum atomic E-state index is 0.408. The molecule has 0 aliphatic rings. The number of hydrogen-bond acceptors (Lipinski definition) is 4. The van der Waals surface area contributed by atoms with Gasteiger partial charge in [0.1, 0.15) is 5.82 Å². The fourth-order valence-electron chi connectivity index (χ4n) is 2.33. The van der Waals surface area contributed by atoms with Gasteiger partial charge in [-0.3, -0.25) is 0 Å². The number of nitrogens with zero attached hydrogens (tertiary/aromatic N) is 2. The van der Waals surface area contributed by atoms with Crippen molar-refractivity contribution in [2.75, 3.05) is 18.6 Å². The van der Waals surface area contributed by atoms with Gasteiger partial charge in [0.2, 0.25) is 0 Å². The van der Waals surface area contributed by atoms with Crippen molar-refractivity contribution in [2.45, 2.75) is 31.6 Å². The molecule has 1 heterocycles. The Balaban J connectivity index is 2.49. The summed E-state index contributed by atoms with van der Waals surface area (Å²) in [5.74, 6) is 2.12. The Morgan fingerprint density at radius 3 is 2.25 bits per heavy atom. The van der Waals surface area contributed by atoms with Gasteiger partial charge in [0.05, 0.1) is 0 Å². The molecule has 2 rings (SSSR count). The number of aryl methyl sites for hydroxylation is 1. The van der Waals surface area contributed by atoms with E-state index in [9.17, 15) is 0 Å². The van der Waals surface area contributed by atoms with E-state index in [2.05, 4.69) is 66.6 Å². The molecule has 0 fully saturated rings. The summed E-state index contributed by atoms with van der Waals surface area (Å²) in [6, 6.07) is 8.37. The molecular formula is C16H21N3S. The molecule has 0 spiro atoms. The van der Waals surface area contributed by atoms with Crippen LogP contribution in [0.1, 0.15) is 31.0 Å². The zero-order chi connectivity index (χ0) is 14.7. The van der Waals surface area contributed by atoms with Crippen LogP contribution in [0.5, 0.6) is 0 Å². The van der Waals surface area contributed by atoms with E-state index in [1.54, 1.807) is 11.8 Å². The lowest BCUT2D eigenvalue weighted by molar-refractivity contribution is 0.833. The maximum atomic E-state index is 4.67. The fraction of sp³-hybridized carbons (Fsp3) is 0.375. The minimum absolute atomic E-state index is 0.408. The Kier molecular flexibility index (Phi) is 4.65. The number of hydrogen-bond donors (Lipinski definition) is 1. The van der Waals surface area contributed by atoms with E-state index in [1.165, 1.54) is 10.5 Å². The van der Waals surface area contributed by atoms with Gasteiger partial charge in [0, 0.05) is 28.8 Å². The second-order valence-electron chi connectivity index (χ2n) is 5.03. The summed E-state index contributed by atoms with van der Waals surface area (Å²) < 4.78 is 0. The summed E-state index contributed by atoms with van der Waals surface area (Å²) in [6.07, 6.45) is 2.08. The maximum absolute atomic E-state index is 4.67. The van der Waals surface area contributed by atoms with Crippen molar-refractivity contribution in [3.63, 3.8) is 0 Å². The number of rotatable bonds is 4. The lowest BCUT2D eigenvalue weighted by Gasteiger charge is -2.15. The number of thioether (sulfide) groups is 1. The highest BCUT2D eigenvalue weighted by Gasteiger charge is 2.14. The molecule has 0 amide bonds. The van der Waals surface area contributed by atoms with Gasteiger partial charge in [-0.15, -0.1) is 11.8 Å². The maximum Gasteiger partial charge on any atom is 0.161 e. The first-order chi connectivity index (χ1) is 9.56. The number of benzene rings is 1. The van der Waals surface area contributed by atoms with Crippen molar-refractivity contribution in [1.29, 1.82) is 0 Å². The second-order valence-corrected chi connectivity index (χ2v) is 5.91. The van der Waals surface area contributed by atoms with Gasteiger partial charge in [0.25, 0.3) is 0 Å². The summed E-state index contributed by atoms with van der Waals surface area (Å²) >= 11 is 1.74. The molecule has 4 heteroatoms. The average molecular weight is 287 g/mol. The normalized spacial score (nSPS) is 10.9. The standard InChI is InChI=1S/C16H21N3S/c1-10(2)14-11(3)18-15(19-16(14)17-4)12-6-8-13(20-5)9-7-12/h6-10H,1-5H3,(H,17,18,19). The van der Waals surface area contributed by atoms with E-state index in [0.29, 0.717) is 5.92 Å². The monoisotopic (exact) mass is 287 g/mol. The van der Waals surface area contributed by atoms with Gasteiger partial charge in [-0.25, -0.2) is 9.97 Å². The number of anilines is 1. The minimum Gasteiger partial charge on any atom is -0.373 e. The van der Waals surface area contributed by atoms with E-state index < -0.39 is 0 Å². The van der Waals surface area contributed by atoms with Crippen LogP contribution in [0.3, 0.4) is 0 Å². The summed E-state index contributed by atoms with van der Waals surface area (Å²) in [4.78, 5) is 10.6. The molecular weight excluding hydrogens is 266 g/mol. The van der Waals surface area contributed by atoms with Crippen molar-refractivity contribution in [3.05, 3.63) is 35.5 Å². The van der Waals surface area contributed by atoms with E-state index >= 15 is 0 Å². The van der Waals surface area contributed by atoms with Gasteiger partial charge < -0.3 is 5.32 Å². The van der Waals surface area contributed by atoms with Crippen molar-refractivity contribution >= 4 is 17.6 Å². The van der Waals surface area contributed by atoms with Gasteiger partial charge in [-0.05, 0) is 31.2 Å². The summed E-state index contributed by atoms with van der Waals surface area (Å²) in [5.41, 5.74) is 3.29. The van der Waals surface area contributed by atoms with Crippen molar-refractivity contribution < 1.29 is 0 Å². The smallest absolute Gasteiger partial charge is 0.161 e. The second kappa shape index (κ2) is 6.27. The molecule has 0 aliphatic carbocycles. The van der Waals surface area contributed by atoms with Crippen LogP contribution >= 0.6 is 11.8 Å². The third kappa shape index (κ3) is 2.96. The van der Waals surface area contributed by atoms with E-state index in [1.807, 2.05) is 7.05 Å². The van der Waals surface area contributed by atoms with Crippen LogP contribution in [0.25, 0.3) is 11.4 Å². The lowest BCUT2D eigenvalue weighted by Crippen LogP contribution is -2.07. The van der Waals surface area contributed by atoms with Gasteiger partial charge >= 0.3 is 0 Å². The average Bonchev–Trinajstić information content (AvgIpc) is 2.46. The molecule has 1 aromatic carbocycles. The van der Waals surface area contributed by atoms with E-state index in [0.717, 1.165) is 22.9 Å². The first-order valence-corrected chi connectivity index (χ1v) is 8.00. The molecule has 0 saturated heterocycles. The van der Waals surface area contributed by atoms with Crippen LogP contribution in [0, 0.1) is 6.92 Å².